The van der Waals surface area contributed by atoms with Crippen molar-refractivity contribution in [2.75, 3.05) is 4.90 Å². The highest BCUT2D eigenvalue weighted by Crippen LogP contribution is 2.53. The van der Waals surface area contributed by atoms with Crippen LogP contribution in [0.15, 0.2) is 158 Å². The van der Waals surface area contributed by atoms with Gasteiger partial charge in [0.1, 0.15) is 0 Å². The summed E-state index contributed by atoms with van der Waals surface area (Å²) in [6, 6.07) is 58.9. The van der Waals surface area contributed by atoms with Gasteiger partial charge in [-0.2, -0.15) is 0 Å². The monoisotopic (exact) mass is 671 g/mol. The topological polar surface area (TPSA) is 3.24 Å². The highest BCUT2D eigenvalue weighted by molar-refractivity contribution is 5.89. The fourth-order valence-corrected chi connectivity index (χ4v) is 8.98. The zero-order valence-electron chi connectivity index (χ0n) is 31.0. The highest BCUT2D eigenvalue weighted by atomic mass is 15.1. The average molecular weight is 672 g/mol. The Bertz CT molecular complexity index is 2370. The molecule has 2 aliphatic carbocycles. The normalized spacial score (nSPS) is 14.4. The molecule has 0 N–H and O–H groups in total. The largest absolute Gasteiger partial charge is 0.310 e. The van der Waals surface area contributed by atoms with Gasteiger partial charge in [-0.25, -0.2) is 0 Å². The fraction of sp³-hybridized carbons (Fsp3) is 0.176. The molecule has 7 aromatic rings. The molecule has 0 aromatic heterocycles. The maximum atomic E-state index is 2.52. The standard InChI is InChI=1S/C51H45N/c1-33(2)44-30-37(36-22-20-35(21-23-36)34-14-8-7-9-15-34)24-29-49(44)52(38-25-27-42-40-16-10-12-18-45(40)50(3,4)47(42)31-38)39-26-28-43-41-17-11-13-19-46(41)51(5,6)48(43)32-39/h7-33H,1-6H3. The van der Waals surface area contributed by atoms with Crippen LogP contribution in [0.4, 0.5) is 17.1 Å². The molecule has 0 bridgehead atoms. The molecule has 0 unspecified atom stereocenters. The van der Waals surface area contributed by atoms with E-state index in [1.165, 1.54) is 89.4 Å². The lowest BCUT2D eigenvalue weighted by molar-refractivity contribution is 0.660. The van der Waals surface area contributed by atoms with Gasteiger partial charge in [-0.3, -0.25) is 0 Å². The Hall–Kier alpha value is -5.66. The third-order valence-electron chi connectivity index (χ3n) is 11.9. The first-order chi connectivity index (χ1) is 25.1. The van der Waals surface area contributed by atoms with Gasteiger partial charge in [0.15, 0.2) is 0 Å². The molecule has 0 heterocycles. The molecule has 0 atom stereocenters. The minimum absolute atomic E-state index is 0.0914. The fourth-order valence-electron chi connectivity index (χ4n) is 8.98. The van der Waals surface area contributed by atoms with Gasteiger partial charge in [0.2, 0.25) is 0 Å². The maximum Gasteiger partial charge on any atom is 0.0496 e. The second-order valence-electron chi connectivity index (χ2n) is 16.0. The molecule has 0 saturated heterocycles. The van der Waals surface area contributed by atoms with Crippen LogP contribution in [0.1, 0.15) is 75.3 Å². The maximum absolute atomic E-state index is 2.52. The summed E-state index contributed by atoms with van der Waals surface area (Å²) in [5, 5.41) is 0. The summed E-state index contributed by atoms with van der Waals surface area (Å²) in [5.41, 5.74) is 20.6. The second-order valence-corrected chi connectivity index (χ2v) is 16.0. The third kappa shape index (κ3) is 4.98. The van der Waals surface area contributed by atoms with Crippen LogP contribution in [0.2, 0.25) is 0 Å². The van der Waals surface area contributed by atoms with Crippen molar-refractivity contribution in [3.05, 3.63) is 186 Å². The van der Waals surface area contributed by atoms with E-state index in [4.69, 9.17) is 0 Å². The number of fused-ring (bicyclic) bond motifs is 6. The molecule has 0 aliphatic heterocycles. The van der Waals surface area contributed by atoms with E-state index in [2.05, 4.69) is 204 Å². The molecule has 0 radical (unpaired) electrons. The first-order valence-corrected chi connectivity index (χ1v) is 18.7. The van der Waals surface area contributed by atoms with Crippen molar-refractivity contribution in [1.29, 1.82) is 0 Å². The van der Waals surface area contributed by atoms with Gasteiger partial charge in [-0.1, -0.05) is 163 Å². The summed E-state index contributed by atoms with van der Waals surface area (Å²) in [5.74, 6) is 0.311. The zero-order chi connectivity index (χ0) is 35.8. The quantitative estimate of drug-likeness (QED) is 0.170. The molecular weight excluding hydrogens is 627 g/mol. The van der Waals surface area contributed by atoms with Crippen LogP contribution in [0.3, 0.4) is 0 Å². The number of nitrogens with zero attached hydrogens (tertiary/aromatic N) is 1. The molecule has 9 rings (SSSR count). The SMILES string of the molecule is CC(C)c1cc(-c2ccc(-c3ccccc3)cc2)ccc1N(c1ccc2c(c1)C(C)(C)c1ccccc1-2)c1ccc2c(c1)C(C)(C)c1ccccc1-2. The smallest absolute Gasteiger partial charge is 0.0496 e. The molecule has 1 heteroatoms. The predicted molar refractivity (Wildman–Crippen MR) is 221 cm³/mol. The summed E-state index contributed by atoms with van der Waals surface area (Å²) >= 11 is 0. The van der Waals surface area contributed by atoms with Crippen LogP contribution >= 0.6 is 0 Å². The first kappa shape index (κ1) is 32.3. The Morgan fingerprint density at radius 2 is 0.808 bits per heavy atom. The Balaban J connectivity index is 1.21. The van der Waals surface area contributed by atoms with Gasteiger partial charge in [0.25, 0.3) is 0 Å². The van der Waals surface area contributed by atoms with Gasteiger partial charge < -0.3 is 4.90 Å². The van der Waals surface area contributed by atoms with Crippen molar-refractivity contribution in [3.8, 4) is 44.5 Å². The predicted octanol–water partition coefficient (Wildman–Crippen LogP) is 14.2. The van der Waals surface area contributed by atoms with Crippen molar-refractivity contribution < 1.29 is 0 Å². The van der Waals surface area contributed by atoms with Gasteiger partial charge in [0, 0.05) is 27.9 Å². The van der Waals surface area contributed by atoms with E-state index in [1.807, 2.05) is 0 Å². The summed E-state index contributed by atoms with van der Waals surface area (Å²) in [6.07, 6.45) is 0. The number of rotatable bonds is 6. The van der Waals surface area contributed by atoms with E-state index in [-0.39, 0.29) is 10.8 Å². The first-order valence-electron chi connectivity index (χ1n) is 18.7. The summed E-state index contributed by atoms with van der Waals surface area (Å²) < 4.78 is 0. The van der Waals surface area contributed by atoms with Crippen molar-refractivity contribution >= 4 is 17.1 Å². The van der Waals surface area contributed by atoms with Crippen LogP contribution in [0.25, 0.3) is 44.5 Å². The van der Waals surface area contributed by atoms with E-state index in [0.717, 1.165) is 0 Å². The lowest BCUT2D eigenvalue weighted by atomic mass is 9.82. The molecule has 7 aromatic carbocycles. The Morgan fingerprint density at radius 3 is 1.33 bits per heavy atom. The van der Waals surface area contributed by atoms with Crippen LogP contribution in [-0.4, -0.2) is 0 Å². The zero-order valence-corrected chi connectivity index (χ0v) is 31.0. The molecule has 2 aliphatic rings. The van der Waals surface area contributed by atoms with Crippen LogP contribution in [-0.2, 0) is 10.8 Å². The number of hydrogen-bond acceptors (Lipinski definition) is 1. The van der Waals surface area contributed by atoms with Crippen LogP contribution < -0.4 is 4.90 Å². The Morgan fingerprint density at radius 1 is 0.385 bits per heavy atom. The van der Waals surface area contributed by atoms with Crippen molar-refractivity contribution in [3.63, 3.8) is 0 Å². The number of anilines is 3. The summed E-state index contributed by atoms with van der Waals surface area (Å²) in [4.78, 5) is 2.52. The summed E-state index contributed by atoms with van der Waals surface area (Å²) in [7, 11) is 0. The molecule has 0 spiro atoms. The highest BCUT2D eigenvalue weighted by Gasteiger charge is 2.38. The van der Waals surface area contributed by atoms with Gasteiger partial charge in [-0.15, -0.1) is 0 Å². The van der Waals surface area contributed by atoms with E-state index < -0.39 is 0 Å². The number of benzene rings is 7. The van der Waals surface area contributed by atoms with Crippen molar-refractivity contribution in [2.24, 2.45) is 0 Å². The van der Waals surface area contributed by atoms with Gasteiger partial charge in [0.05, 0.1) is 0 Å². The Kier molecular flexibility index (Phi) is 7.42. The third-order valence-corrected chi connectivity index (χ3v) is 11.9. The number of hydrogen-bond donors (Lipinski definition) is 0. The molecule has 0 amide bonds. The lowest BCUT2D eigenvalue weighted by Gasteiger charge is -2.32. The minimum Gasteiger partial charge on any atom is -0.310 e. The Labute approximate surface area is 309 Å². The molecule has 0 fully saturated rings. The van der Waals surface area contributed by atoms with E-state index >= 15 is 0 Å². The van der Waals surface area contributed by atoms with Crippen LogP contribution in [0.5, 0.6) is 0 Å². The van der Waals surface area contributed by atoms with E-state index in [9.17, 15) is 0 Å². The molecule has 52 heavy (non-hydrogen) atoms. The molecule has 254 valence electrons. The van der Waals surface area contributed by atoms with E-state index in [0.29, 0.717) is 5.92 Å². The van der Waals surface area contributed by atoms with E-state index in [1.54, 1.807) is 0 Å². The minimum atomic E-state index is -0.0914. The second kappa shape index (κ2) is 12.0. The summed E-state index contributed by atoms with van der Waals surface area (Å²) in [6.45, 7) is 14.1. The van der Waals surface area contributed by atoms with Crippen LogP contribution in [0, 0.1) is 0 Å². The van der Waals surface area contributed by atoms with Gasteiger partial charge in [-0.05, 0) is 115 Å². The van der Waals surface area contributed by atoms with Crippen molar-refractivity contribution in [1.82, 2.24) is 0 Å². The lowest BCUT2D eigenvalue weighted by Crippen LogP contribution is -2.18. The molecule has 0 saturated carbocycles. The average Bonchev–Trinajstić information content (AvgIpc) is 3.54. The molecule has 1 nitrogen and oxygen atoms in total. The molecular formula is C51H45N. The van der Waals surface area contributed by atoms with Gasteiger partial charge >= 0.3 is 0 Å². The van der Waals surface area contributed by atoms with Crippen molar-refractivity contribution in [2.45, 2.75) is 58.3 Å².